The van der Waals surface area contributed by atoms with Crippen molar-refractivity contribution in [2.45, 2.75) is 6.54 Å². The Bertz CT molecular complexity index is 1670. The van der Waals surface area contributed by atoms with E-state index in [0.29, 0.717) is 24.3 Å². The van der Waals surface area contributed by atoms with Crippen LogP contribution in [0.5, 0.6) is 11.5 Å². The number of hydrogen-bond acceptors (Lipinski definition) is 15. The largest absolute Gasteiger partial charge is 0.497 e. The van der Waals surface area contributed by atoms with Crippen molar-refractivity contribution in [3.63, 3.8) is 0 Å². The number of nitrogens with zero attached hydrogens (tertiary/aromatic N) is 8. The van der Waals surface area contributed by atoms with Crippen LogP contribution in [0.15, 0.2) is 79.4 Å². The molecule has 2 aromatic carbocycles. The minimum Gasteiger partial charge on any atom is -0.497 e. The molecule has 23 heteroatoms. The third-order valence-corrected chi connectivity index (χ3v) is 5.31. The number of hydrogen-bond donors (Lipinski definition) is 3. The van der Waals surface area contributed by atoms with Crippen LogP contribution in [0.2, 0.25) is 0 Å². The maximum absolute atomic E-state index is 10.4. The Morgan fingerprint density at radius 1 is 0.543 bits per heavy atom. The van der Waals surface area contributed by atoms with Crippen LogP contribution in [-0.4, -0.2) is 45.0 Å². The fraction of sp³-hybridized carbons (Fsp3) is 0.0435. The van der Waals surface area contributed by atoms with E-state index in [9.17, 15) is 65.9 Å². The fourth-order valence-corrected chi connectivity index (χ4v) is 3.30. The van der Waals surface area contributed by atoms with Gasteiger partial charge in [-0.25, -0.2) is 4.57 Å². The molecule has 46 heavy (non-hydrogen) atoms. The van der Waals surface area contributed by atoms with Gasteiger partial charge in [0, 0.05) is 22.9 Å². The van der Waals surface area contributed by atoms with E-state index in [1.165, 1.54) is 0 Å². The summed E-state index contributed by atoms with van der Waals surface area (Å²) < 4.78 is 3.12. The summed E-state index contributed by atoms with van der Waals surface area (Å²) in [7, 11) is 0. The van der Waals surface area contributed by atoms with Crippen LogP contribution in [0.3, 0.4) is 0 Å². The van der Waals surface area contributed by atoms with Crippen molar-refractivity contribution in [2.24, 2.45) is 0 Å². The molecule has 0 atom stereocenters. The molecule has 2 aromatic heterocycles. The summed E-state index contributed by atoms with van der Waals surface area (Å²) in [6.45, 7) is 0.766. The van der Waals surface area contributed by atoms with Crippen molar-refractivity contribution in [2.75, 3.05) is 0 Å². The Morgan fingerprint density at radius 2 is 0.913 bits per heavy atom. The van der Waals surface area contributed by atoms with Crippen molar-refractivity contribution in [1.29, 1.82) is 0 Å². The van der Waals surface area contributed by atoms with Crippen LogP contribution < -0.4 is 9.30 Å². The average Bonchev–Trinajstić information content (AvgIpc) is 2.97. The highest BCUT2D eigenvalue weighted by molar-refractivity contribution is 5.65. The Morgan fingerprint density at radius 3 is 1.22 bits per heavy atom. The lowest BCUT2D eigenvalue weighted by Gasteiger charge is -1.97. The molecule has 4 rings (SSSR count). The van der Waals surface area contributed by atoms with Gasteiger partial charge in [-0.1, -0.05) is 6.07 Å². The highest BCUT2D eigenvalue weighted by atomic mass is 16.7. The van der Waals surface area contributed by atoms with E-state index in [2.05, 4.69) is 4.57 Å². The molecule has 0 spiro atoms. The zero-order valence-corrected chi connectivity index (χ0v) is 22.5. The van der Waals surface area contributed by atoms with Gasteiger partial charge in [0.15, 0.2) is 18.9 Å². The second kappa shape index (κ2) is 15.1. The summed E-state index contributed by atoms with van der Waals surface area (Å²) >= 11 is 0. The van der Waals surface area contributed by atoms with Crippen LogP contribution in [0, 0.1) is 60.7 Å². The number of pyridine rings is 2. The second-order valence-electron chi connectivity index (χ2n) is 8.35. The van der Waals surface area contributed by atoms with Gasteiger partial charge in [0.05, 0.1) is 59.4 Å². The lowest BCUT2D eigenvalue weighted by atomic mass is 10.2. The first-order chi connectivity index (χ1) is 21.5. The van der Waals surface area contributed by atoms with Crippen LogP contribution in [0.4, 0.5) is 34.1 Å². The molecule has 0 bridgehead atoms. The van der Waals surface area contributed by atoms with Crippen molar-refractivity contribution < 1.29 is 54.3 Å². The summed E-state index contributed by atoms with van der Waals surface area (Å²) in [5, 5.41) is 89.6. The van der Waals surface area contributed by atoms with Crippen LogP contribution >= 0.6 is 0 Å². The monoisotopic (exact) mass is 646 g/mol. The first kappa shape index (κ1) is 34.7. The molecule has 0 aliphatic heterocycles. The minimum atomic E-state index is -1.21. The average molecular weight is 646 g/mol. The first-order valence-corrected chi connectivity index (χ1v) is 11.8. The SMILES string of the molecule is O=[N+]([O-])c1cc([N+](=O)[O-])c(O)c([N+](=O)[O-])c1.O=[N+]([O-])c1cc([N+](=O)[O-])c(O)c([N+](=O)[O-])c1.O[n+]1cccc(C[n+]2ccccc2)c1. The molecule has 0 saturated heterocycles. The highest BCUT2D eigenvalue weighted by Crippen LogP contribution is 2.40. The third-order valence-electron chi connectivity index (χ3n) is 5.31. The van der Waals surface area contributed by atoms with Gasteiger partial charge in [0.2, 0.25) is 12.4 Å². The van der Waals surface area contributed by atoms with E-state index >= 15 is 0 Å². The van der Waals surface area contributed by atoms with Crippen molar-refractivity contribution in [1.82, 2.24) is 0 Å². The molecule has 0 saturated carbocycles. The van der Waals surface area contributed by atoms with Crippen LogP contribution in [-0.2, 0) is 6.54 Å². The summed E-state index contributed by atoms with van der Waals surface area (Å²) in [6, 6.07) is 11.5. The van der Waals surface area contributed by atoms with E-state index < -0.39 is 75.2 Å². The predicted octanol–water partition coefficient (Wildman–Crippen LogP) is 2.78. The standard InChI is InChI=1S/C11H12N2O.2C6H3N3O7/c14-13-8-4-5-11(10-13)9-12-6-2-1-3-7-12;2*10-6-4(8(13)14)1-3(7(11)12)2-5(6)9(15)16/h1-8,10,14H,9H2;2*1-2,10H/q+2;;. The molecule has 3 N–H and O–H groups in total. The summed E-state index contributed by atoms with van der Waals surface area (Å²) in [6.07, 6.45) is 7.28. The maximum atomic E-state index is 10.4. The van der Waals surface area contributed by atoms with E-state index in [-0.39, 0.29) is 0 Å². The van der Waals surface area contributed by atoms with Gasteiger partial charge < -0.3 is 10.2 Å². The summed E-state index contributed by atoms with van der Waals surface area (Å²) in [4.78, 5) is 55.5. The molecule has 0 radical (unpaired) electrons. The molecule has 2 heterocycles. The Labute approximate surface area is 252 Å². The molecule has 0 aliphatic rings. The van der Waals surface area contributed by atoms with Crippen molar-refractivity contribution in [3.05, 3.63) is 146 Å². The zero-order chi connectivity index (χ0) is 34.7. The summed E-state index contributed by atoms with van der Waals surface area (Å²) in [5.41, 5.74) is -4.94. The normalized spacial score (nSPS) is 9.83. The van der Waals surface area contributed by atoms with Gasteiger partial charge >= 0.3 is 22.7 Å². The van der Waals surface area contributed by atoms with Gasteiger partial charge in [0.1, 0.15) is 0 Å². The molecule has 0 aliphatic carbocycles. The number of nitro groups is 6. The van der Waals surface area contributed by atoms with Crippen molar-refractivity contribution >= 4 is 34.1 Å². The topological polar surface area (TPSA) is 327 Å². The van der Waals surface area contributed by atoms with Crippen molar-refractivity contribution in [3.8, 4) is 11.5 Å². The van der Waals surface area contributed by atoms with Gasteiger partial charge in [0.25, 0.3) is 22.9 Å². The Kier molecular flexibility index (Phi) is 11.4. The number of non-ortho nitro benzene ring substituents is 2. The quantitative estimate of drug-likeness (QED) is 0.107. The highest BCUT2D eigenvalue weighted by Gasteiger charge is 2.31. The number of rotatable bonds is 8. The Hall–Kier alpha value is -7.46. The zero-order valence-electron chi connectivity index (χ0n) is 22.5. The maximum Gasteiger partial charge on any atom is 0.324 e. The number of aromatic nitrogens is 2. The van der Waals surface area contributed by atoms with Gasteiger partial charge in [-0.15, -0.1) is 0 Å². The second-order valence-corrected chi connectivity index (χ2v) is 8.35. The van der Waals surface area contributed by atoms with Gasteiger partial charge in [-0.2, -0.15) is 0 Å². The van der Waals surface area contributed by atoms with E-state index in [0.717, 1.165) is 16.8 Å². The number of benzene rings is 2. The van der Waals surface area contributed by atoms with Gasteiger partial charge in [-0.3, -0.25) is 65.9 Å². The lowest BCUT2D eigenvalue weighted by molar-refractivity contribution is -0.905. The van der Waals surface area contributed by atoms with E-state index in [1.54, 1.807) is 12.4 Å². The smallest absolute Gasteiger partial charge is 0.324 e. The summed E-state index contributed by atoms with van der Waals surface area (Å²) in [5.74, 6) is -2.42. The fourth-order valence-electron chi connectivity index (χ4n) is 3.30. The predicted molar refractivity (Wildman–Crippen MR) is 146 cm³/mol. The molecule has 0 fully saturated rings. The molecule has 0 unspecified atom stereocenters. The molecular formula is C23H18N8O15+2. The molecule has 4 aromatic rings. The number of phenols is 2. The minimum absolute atomic E-state index is 0.447. The molecular weight excluding hydrogens is 628 g/mol. The number of nitro benzene ring substituents is 6. The molecule has 238 valence electrons. The third kappa shape index (κ3) is 9.28. The van der Waals surface area contributed by atoms with Gasteiger partial charge in [-0.05, 0) is 6.07 Å². The van der Waals surface area contributed by atoms with E-state index in [1.807, 2.05) is 42.7 Å². The molecule has 0 amide bonds. The van der Waals surface area contributed by atoms with Crippen LogP contribution in [0.25, 0.3) is 0 Å². The first-order valence-electron chi connectivity index (χ1n) is 11.8. The molecule has 23 nitrogen and oxygen atoms in total. The van der Waals surface area contributed by atoms with Crippen LogP contribution in [0.1, 0.15) is 5.56 Å². The lowest BCUT2D eigenvalue weighted by Crippen LogP contribution is -2.35. The Balaban J connectivity index is 0.000000241. The van der Waals surface area contributed by atoms with E-state index in [4.69, 9.17) is 10.2 Å². The number of phenolic OH excluding ortho intramolecular Hbond substituents is 2. The number of aromatic hydroxyl groups is 2.